The first-order valence-corrected chi connectivity index (χ1v) is 4.14. The van der Waals surface area contributed by atoms with Crippen LogP contribution in [0.15, 0.2) is 0 Å². The quantitative estimate of drug-likeness (QED) is 0.522. The summed E-state index contributed by atoms with van der Waals surface area (Å²) in [4.78, 5) is 0. The van der Waals surface area contributed by atoms with Gasteiger partial charge in [-0.3, -0.25) is 0 Å². The Morgan fingerprint density at radius 3 is 3.38 bits per heavy atom. The number of rotatable bonds is 0. The van der Waals surface area contributed by atoms with E-state index in [9.17, 15) is 0 Å². The maximum absolute atomic E-state index is 3.46. The molecule has 2 rings (SSSR count). The summed E-state index contributed by atoms with van der Waals surface area (Å²) in [6.07, 6.45) is 2.73. The highest BCUT2D eigenvalue weighted by molar-refractivity contribution is 8.02. The number of hydrogen-bond acceptors (Lipinski definition) is 2. The lowest BCUT2D eigenvalue weighted by molar-refractivity contribution is 0.591. The average Bonchev–Trinajstić information content (AvgIpc) is 2.12. The average molecular weight is 128 g/mol. The van der Waals surface area contributed by atoms with Gasteiger partial charge in [0.2, 0.25) is 0 Å². The summed E-state index contributed by atoms with van der Waals surface area (Å²) in [6, 6.07) is 0.853. The molecule has 2 fully saturated rings. The molecule has 2 aliphatic heterocycles. The molecule has 1 nitrogen and oxygen atoms in total. The van der Waals surface area contributed by atoms with Gasteiger partial charge in [-0.1, -0.05) is 0 Å². The molecule has 45 valence electrons. The van der Waals surface area contributed by atoms with Crippen molar-refractivity contribution in [3.63, 3.8) is 0 Å². The Hall–Kier alpha value is 0.310. The van der Waals surface area contributed by atoms with Crippen LogP contribution in [0.3, 0.4) is 0 Å². The minimum Gasteiger partial charge on any atom is -0.312 e. The third-order valence-electron chi connectivity index (χ3n) is 1.83. The Balaban J connectivity index is 2.03. The zero-order valence-electron chi connectivity index (χ0n) is 4.81. The van der Waals surface area contributed by atoms with Gasteiger partial charge in [0.25, 0.3) is 0 Å². The second-order valence-electron chi connectivity index (χ2n) is 2.46. The molecule has 0 amide bonds. The maximum Gasteiger partial charge on any atom is 0.0458 e. The van der Waals surface area contributed by atoms with Crippen molar-refractivity contribution >= 4 is 11.8 Å². The summed E-state index contributed by atoms with van der Waals surface area (Å²) in [7, 11) is 0. The van der Waals surface area contributed by atoms with Crippen molar-refractivity contribution in [2.45, 2.75) is 18.9 Å². The van der Waals surface area contributed by atoms with E-state index in [1.54, 1.807) is 5.25 Å². The number of thioether (sulfide) groups is 1. The van der Waals surface area contributed by atoms with Gasteiger partial charge in [0.05, 0.1) is 0 Å². The maximum atomic E-state index is 3.46. The SMILES string of the molecule is C1CC2C[C](CN2)S1. The standard InChI is InChI=1S/C6H10NS/c1-2-8-6-3-5(1)7-4-6/h5,7H,1-4H2. The highest BCUT2D eigenvalue weighted by Crippen LogP contribution is 2.35. The van der Waals surface area contributed by atoms with Crippen molar-refractivity contribution in [2.24, 2.45) is 0 Å². The van der Waals surface area contributed by atoms with Crippen molar-refractivity contribution < 1.29 is 0 Å². The van der Waals surface area contributed by atoms with Gasteiger partial charge in [-0.15, -0.1) is 0 Å². The fourth-order valence-electron chi connectivity index (χ4n) is 1.34. The van der Waals surface area contributed by atoms with Crippen LogP contribution in [0.5, 0.6) is 0 Å². The molecule has 2 heteroatoms. The van der Waals surface area contributed by atoms with Crippen LogP contribution in [0.2, 0.25) is 0 Å². The second kappa shape index (κ2) is 1.92. The molecule has 1 unspecified atom stereocenters. The van der Waals surface area contributed by atoms with E-state index < -0.39 is 0 Å². The van der Waals surface area contributed by atoms with E-state index in [2.05, 4.69) is 17.1 Å². The Morgan fingerprint density at radius 2 is 2.62 bits per heavy atom. The fraction of sp³-hybridized carbons (Fsp3) is 0.833. The van der Waals surface area contributed by atoms with Crippen LogP contribution in [0.4, 0.5) is 0 Å². The van der Waals surface area contributed by atoms with Crippen molar-refractivity contribution in [1.29, 1.82) is 0 Å². The second-order valence-corrected chi connectivity index (χ2v) is 3.73. The van der Waals surface area contributed by atoms with Crippen molar-refractivity contribution in [3.05, 3.63) is 5.25 Å². The van der Waals surface area contributed by atoms with Crippen LogP contribution < -0.4 is 5.32 Å². The van der Waals surface area contributed by atoms with E-state index in [4.69, 9.17) is 0 Å². The summed E-state index contributed by atoms with van der Waals surface area (Å²) in [6.45, 7) is 1.19. The highest BCUT2D eigenvalue weighted by atomic mass is 32.2. The van der Waals surface area contributed by atoms with Crippen LogP contribution in [0, 0.1) is 5.25 Å². The van der Waals surface area contributed by atoms with Gasteiger partial charge in [-0.2, -0.15) is 11.8 Å². The van der Waals surface area contributed by atoms with E-state index in [-0.39, 0.29) is 0 Å². The first-order valence-electron chi connectivity index (χ1n) is 3.16. The first-order chi connectivity index (χ1) is 3.95. The number of nitrogens with one attached hydrogen (secondary N) is 1. The normalized spacial score (nSPS) is 38.2. The lowest BCUT2D eigenvalue weighted by atomic mass is 10.2. The molecule has 2 aliphatic rings. The molecule has 1 radical (unpaired) electrons. The molecular weight excluding hydrogens is 118 g/mol. The molecule has 8 heavy (non-hydrogen) atoms. The molecule has 0 saturated carbocycles. The molecule has 2 heterocycles. The van der Waals surface area contributed by atoms with Crippen LogP contribution in [0.25, 0.3) is 0 Å². The lowest BCUT2D eigenvalue weighted by Gasteiger charge is -2.14. The molecule has 2 bridgehead atoms. The largest absolute Gasteiger partial charge is 0.312 e. The number of fused-ring (bicyclic) bond motifs is 2. The molecule has 1 atom stereocenters. The van der Waals surface area contributed by atoms with Crippen LogP contribution in [-0.2, 0) is 0 Å². The Bertz CT molecular complexity index is 80.5. The summed E-state index contributed by atoms with van der Waals surface area (Å²) in [5.74, 6) is 1.35. The third-order valence-corrected chi connectivity index (χ3v) is 2.99. The fourth-order valence-corrected chi connectivity index (χ4v) is 2.53. The highest BCUT2D eigenvalue weighted by Gasteiger charge is 2.28. The molecule has 0 aromatic heterocycles. The smallest absolute Gasteiger partial charge is 0.0458 e. The summed E-state index contributed by atoms with van der Waals surface area (Å²) in [5.41, 5.74) is 0. The summed E-state index contributed by atoms with van der Waals surface area (Å²) in [5, 5.41) is 5.14. The zero-order chi connectivity index (χ0) is 5.40. The topological polar surface area (TPSA) is 12.0 Å². The first kappa shape index (κ1) is 5.12. The van der Waals surface area contributed by atoms with E-state index in [1.165, 1.54) is 25.1 Å². The molecule has 1 N–H and O–H groups in total. The van der Waals surface area contributed by atoms with Gasteiger partial charge in [0.1, 0.15) is 0 Å². The van der Waals surface area contributed by atoms with Gasteiger partial charge in [0.15, 0.2) is 0 Å². The molecule has 2 saturated heterocycles. The van der Waals surface area contributed by atoms with Crippen LogP contribution >= 0.6 is 11.8 Å². The number of hydrogen-bond donors (Lipinski definition) is 1. The van der Waals surface area contributed by atoms with Gasteiger partial charge < -0.3 is 5.32 Å². The van der Waals surface area contributed by atoms with E-state index in [1.807, 2.05) is 0 Å². The summed E-state index contributed by atoms with van der Waals surface area (Å²) < 4.78 is 0. The lowest BCUT2D eigenvalue weighted by Crippen LogP contribution is -2.21. The minimum atomic E-state index is 0.853. The minimum absolute atomic E-state index is 0.853. The van der Waals surface area contributed by atoms with Crippen molar-refractivity contribution in [1.82, 2.24) is 5.32 Å². The molecule has 0 aromatic carbocycles. The van der Waals surface area contributed by atoms with Gasteiger partial charge in [-0.05, 0) is 18.6 Å². The molecule has 0 spiro atoms. The van der Waals surface area contributed by atoms with Gasteiger partial charge >= 0.3 is 0 Å². The van der Waals surface area contributed by atoms with Crippen molar-refractivity contribution in [3.8, 4) is 0 Å². The predicted octanol–water partition coefficient (Wildman–Crippen LogP) is 1.02. The Kier molecular flexibility index (Phi) is 1.23. The molecular formula is C6H10NS. The van der Waals surface area contributed by atoms with Crippen LogP contribution in [0.1, 0.15) is 12.8 Å². The predicted molar refractivity (Wildman–Crippen MR) is 36.7 cm³/mol. The Morgan fingerprint density at radius 1 is 1.62 bits per heavy atom. The van der Waals surface area contributed by atoms with E-state index >= 15 is 0 Å². The monoisotopic (exact) mass is 128 g/mol. The Labute approximate surface area is 54.2 Å². The van der Waals surface area contributed by atoms with Crippen LogP contribution in [-0.4, -0.2) is 18.3 Å². The zero-order valence-corrected chi connectivity index (χ0v) is 5.63. The summed E-state index contributed by atoms with van der Waals surface area (Å²) >= 11 is 2.06. The molecule has 0 aromatic rings. The van der Waals surface area contributed by atoms with E-state index in [0.717, 1.165) is 6.04 Å². The third kappa shape index (κ3) is 0.759. The molecule has 0 aliphatic carbocycles. The van der Waals surface area contributed by atoms with Crippen molar-refractivity contribution in [2.75, 3.05) is 12.3 Å². The van der Waals surface area contributed by atoms with Gasteiger partial charge in [0, 0.05) is 17.8 Å². The van der Waals surface area contributed by atoms with Gasteiger partial charge in [-0.25, -0.2) is 0 Å². The van der Waals surface area contributed by atoms with E-state index in [0.29, 0.717) is 0 Å².